The minimum Gasteiger partial charge on any atom is -0.456 e. The van der Waals surface area contributed by atoms with Crippen molar-refractivity contribution in [3.63, 3.8) is 0 Å². The Bertz CT molecular complexity index is 3170. The normalized spacial score (nSPS) is 11.8. The molecule has 53 heavy (non-hydrogen) atoms. The third-order valence-corrected chi connectivity index (χ3v) is 10.7. The highest BCUT2D eigenvalue weighted by molar-refractivity contribution is 6.13. The second-order valence-electron chi connectivity index (χ2n) is 13.7. The van der Waals surface area contributed by atoms with Crippen molar-refractivity contribution < 1.29 is 8.83 Å². The van der Waals surface area contributed by atoms with Gasteiger partial charge in [-0.3, -0.25) is 0 Å². The Hall–Kier alpha value is -7.10. The summed E-state index contributed by atoms with van der Waals surface area (Å²) >= 11 is 0. The minimum atomic E-state index is 0.854. The van der Waals surface area contributed by atoms with Crippen LogP contribution in [0.15, 0.2) is 197 Å². The summed E-state index contributed by atoms with van der Waals surface area (Å²) in [5, 5.41) is 9.33. The van der Waals surface area contributed by atoms with Crippen molar-refractivity contribution in [1.82, 2.24) is 0 Å². The van der Waals surface area contributed by atoms with E-state index in [4.69, 9.17) is 8.83 Å². The molecule has 11 rings (SSSR count). The van der Waals surface area contributed by atoms with Gasteiger partial charge in [-0.05, 0) is 104 Å². The van der Waals surface area contributed by atoms with Crippen LogP contribution in [0.25, 0.3) is 87.7 Å². The van der Waals surface area contributed by atoms with Gasteiger partial charge in [0.25, 0.3) is 0 Å². The van der Waals surface area contributed by atoms with Gasteiger partial charge >= 0.3 is 0 Å². The highest BCUT2D eigenvalue weighted by Gasteiger charge is 2.21. The molecule has 2 heterocycles. The van der Waals surface area contributed by atoms with Crippen LogP contribution in [-0.4, -0.2) is 0 Å². The average Bonchev–Trinajstić information content (AvgIpc) is 3.80. The molecule has 0 aliphatic heterocycles. The number of fused-ring (bicyclic) bond motifs is 9. The lowest BCUT2D eigenvalue weighted by atomic mass is 10.00. The predicted octanol–water partition coefficient (Wildman–Crippen LogP) is 14.6. The molecule has 9 aromatic carbocycles. The Morgan fingerprint density at radius 1 is 0.302 bits per heavy atom. The standard InChI is InChI=1S/C50H31NO2/c1-2-9-32(10-3-1)37-22-27-42-43-14-8-15-46(50(43)53-49(42)30-37)51(39-26-21-35-18-17-34-11-4-5-12-40(34)44(35)31-39)38-24-19-33(20-25-38)36-23-28-48-45(29-36)41-13-6-7-16-47(41)52-48/h1-31H. The van der Waals surface area contributed by atoms with Gasteiger partial charge in [0.1, 0.15) is 16.7 Å². The van der Waals surface area contributed by atoms with E-state index in [0.29, 0.717) is 0 Å². The molecule has 0 bridgehead atoms. The van der Waals surface area contributed by atoms with Crippen LogP contribution in [0.2, 0.25) is 0 Å². The molecule has 0 saturated carbocycles. The largest absolute Gasteiger partial charge is 0.456 e. The molecular weight excluding hydrogens is 647 g/mol. The van der Waals surface area contributed by atoms with E-state index < -0.39 is 0 Å². The summed E-state index contributed by atoms with van der Waals surface area (Å²) in [6, 6.07) is 66.8. The van der Waals surface area contributed by atoms with Crippen molar-refractivity contribution in [3.05, 3.63) is 188 Å². The molecule has 0 amide bonds. The molecule has 248 valence electrons. The van der Waals surface area contributed by atoms with Gasteiger partial charge < -0.3 is 13.7 Å². The molecule has 0 atom stereocenters. The quantitative estimate of drug-likeness (QED) is 0.170. The smallest absolute Gasteiger partial charge is 0.159 e. The van der Waals surface area contributed by atoms with Crippen LogP contribution in [-0.2, 0) is 0 Å². The van der Waals surface area contributed by atoms with E-state index in [0.717, 1.165) is 77.6 Å². The van der Waals surface area contributed by atoms with Crippen LogP contribution >= 0.6 is 0 Å². The summed E-state index contributed by atoms with van der Waals surface area (Å²) in [4.78, 5) is 2.33. The molecule has 2 aromatic heterocycles. The number of furan rings is 2. The summed E-state index contributed by atoms with van der Waals surface area (Å²) in [6.07, 6.45) is 0. The van der Waals surface area contributed by atoms with Crippen LogP contribution in [0.5, 0.6) is 0 Å². The molecule has 0 saturated heterocycles. The Morgan fingerprint density at radius 3 is 1.81 bits per heavy atom. The summed E-state index contributed by atoms with van der Waals surface area (Å²) in [6.45, 7) is 0. The van der Waals surface area contributed by atoms with E-state index in [1.165, 1.54) is 27.1 Å². The fraction of sp³-hybridized carbons (Fsp3) is 0. The van der Waals surface area contributed by atoms with Crippen LogP contribution in [0.3, 0.4) is 0 Å². The van der Waals surface area contributed by atoms with Gasteiger partial charge in [-0.2, -0.15) is 0 Å². The molecular formula is C50H31NO2. The Morgan fingerprint density at radius 2 is 0.925 bits per heavy atom. The lowest BCUT2D eigenvalue weighted by Crippen LogP contribution is -2.10. The van der Waals surface area contributed by atoms with Crippen molar-refractivity contribution in [2.24, 2.45) is 0 Å². The van der Waals surface area contributed by atoms with E-state index >= 15 is 0 Å². The average molecular weight is 678 g/mol. The first-order valence-electron chi connectivity index (χ1n) is 18.0. The van der Waals surface area contributed by atoms with Gasteiger partial charge in [0.15, 0.2) is 5.58 Å². The predicted molar refractivity (Wildman–Crippen MR) is 222 cm³/mol. The van der Waals surface area contributed by atoms with Gasteiger partial charge in [0, 0.05) is 32.9 Å². The maximum atomic E-state index is 6.84. The Balaban J connectivity index is 1.09. The number of rotatable bonds is 5. The van der Waals surface area contributed by atoms with Crippen molar-refractivity contribution in [3.8, 4) is 22.3 Å². The highest BCUT2D eigenvalue weighted by Crippen LogP contribution is 2.44. The lowest BCUT2D eigenvalue weighted by molar-refractivity contribution is 0.668. The fourth-order valence-electron chi connectivity index (χ4n) is 8.03. The second kappa shape index (κ2) is 11.7. The summed E-state index contributed by atoms with van der Waals surface area (Å²) in [7, 11) is 0. The molecule has 0 aliphatic carbocycles. The van der Waals surface area contributed by atoms with Gasteiger partial charge in [-0.15, -0.1) is 0 Å². The number of anilines is 3. The highest BCUT2D eigenvalue weighted by atomic mass is 16.3. The third kappa shape index (κ3) is 4.82. The van der Waals surface area contributed by atoms with E-state index in [9.17, 15) is 0 Å². The summed E-state index contributed by atoms with van der Waals surface area (Å²) < 4.78 is 13.0. The van der Waals surface area contributed by atoms with Crippen LogP contribution in [0.4, 0.5) is 17.1 Å². The summed E-state index contributed by atoms with van der Waals surface area (Å²) in [5.41, 5.74) is 11.2. The first kappa shape index (κ1) is 29.6. The number of benzene rings is 9. The zero-order chi connectivity index (χ0) is 34.9. The molecule has 0 unspecified atom stereocenters. The van der Waals surface area contributed by atoms with E-state index in [1.807, 2.05) is 18.2 Å². The SMILES string of the molecule is c1ccc(-c2ccc3c(c2)oc2c(N(c4ccc(-c5ccc6oc7ccccc7c6c5)cc4)c4ccc5ccc6ccccc6c5c4)cccc23)cc1. The van der Waals surface area contributed by atoms with Gasteiger partial charge in [-0.1, -0.05) is 127 Å². The van der Waals surface area contributed by atoms with Gasteiger partial charge in [-0.25, -0.2) is 0 Å². The monoisotopic (exact) mass is 677 g/mol. The number of hydrogen-bond donors (Lipinski definition) is 0. The van der Waals surface area contributed by atoms with Crippen molar-refractivity contribution >= 4 is 82.5 Å². The van der Waals surface area contributed by atoms with E-state index in [2.05, 4.69) is 175 Å². The molecule has 0 spiro atoms. The van der Waals surface area contributed by atoms with Crippen LogP contribution in [0, 0.1) is 0 Å². The minimum absolute atomic E-state index is 0.854. The second-order valence-corrected chi connectivity index (χ2v) is 13.7. The van der Waals surface area contributed by atoms with Crippen LogP contribution < -0.4 is 4.90 Å². The van der Waals surface area contributed by atoms with E-state index in [1.54, 1.807) is 0 Å². The zero-order valence-electron chi connectivity index (χ0n) is 28.7. The number of para-hydroxylation sites is 2. The molecule has 0 aliphatic rings. The zero-order valence-corrected chi connectivity index (χ0v) is 28.7. The molecule has 0 N–H and O–H groups in total. The number of nitrogens with zero attached hydrogens (tertiary/aromatic N) is 1. The van der Waals surface area contributed by atoms with Crippen molar-refractivity contribution in [2.45, 2.75) is 0 Å². The number of hydrogen-bond acceptors (Lipinski definition) is 3. The van der Waals surface area contributed by atoms with Crippen LogP contribution in [0.1, 0.15) is 0 Å². The maximum absolute atomic E-state index is 6.84. The Labute approximate surface area is 305 Å². The Kier molecular flexibility index (Phi) is 6.55. The molecule has 3 nitrogen and oxygen atoms in total. The van der Waals surface area contributed by atoms with Crippen molar-refractivity contribution in [1.29, 1.82) is 0 Å². The molecule has 0 fully saturated rings. The molecule has 3 heteroatoms. The maximum Gasteiger partial charge on any atom is 0.159 e. The topological polar surface area (TPSA) is 29.5 Å². The van der Waals surface area contributed by atoms with E-state index in [-0.39, 0.29) is 0 Å². The van der Waals surface area contributed by atoms with Gasteiger partial charge in [0.05, 0.1) is 5.69 Å². The fourth-order valence-corrected chi connectivity index (χ4v) is 8.03. The summed E-state index contributed by atoms with van der Waals surface area (Å²) in [5.74, 6) is 0. The molecule has 11 aromatic rings. The lowest BCUT2D eigenvalue weighted by Gasteiger charge is -2.26. The third-order valence-electron chi connectivity index (χ3n) is 10.7. The first-order valence-corrected chi connectivity index (χ1v) is 18.0. The first-order chi connectivity index (χ1) is 26.2. The van der Waals surface area contributed by atoms with Crippen molar-refractivity contribution in [2.75, 3.05) is 4.90 Å². The van der Waals surface area contributed by atoms with Gasteiger partial charge in [0.2, 0.25) is 0 Å². The molecule has 0 radical (unpaired) electrons.